The van der Waals surface area contributed by atoms with Crippen molar-refractivity contribution in [3.63, 3.8) is 0 Å². The van der Waals surface area contributed by atoms with Crippen molar-refractivity contribution in [1.29, 1.82) is 0 Å². The number of hydrogen-bond acceptors (Lipinski definition) is 3. The molecule has 0 bridgehead atoms. The summed E-state index contributed by atoms with van der Waals surface area (Å²) in [6.45, 7) is 2.30. The monoisotopic (exact) mass is 273 g/mol. The number of hydrogen-bond donors (Lipinski definition) is 1. The molecular weight excluding hydrogens is 246 g/mol. The molecule has 1 aliphatic heterocycles. The van der Waals surface area contributed by atoms with Gasteiger partial charge in [-0.2, -0.15) is 0 Å². The summed E-state index contributed by atoms with van der Waals surface area (Å²) in [5, 5.41) is 3.72. The first-order chi connectivity index (χ1) is 8.59. The topological polar surface area (TPSA) is 46.2 Å². The molecule has 2 rings (SSSR count). The van der Waals surface area contributed by atoms with Crippen LogP contribution in [0.3, 0.4) is 0 Å². The van der Waals surface area contributed by atoms with Gasteiger partial charge in [0.1, 0.15) is 9.84 Å². The van der Waals surface area contributed by atoms with Gasteiger partial charge in [0.15, 0.2) is 0 Å². The molecule has 1 heterocycles. The molecule has 1 saturated heterocycles. The molecule has 2 aliphatic rings. The number of sulfone groups is 1. The molecule has 0 radical (unpaired) electrons. The molecule has 0 amide bonds. The summed E-state index contributed by atoms with van der Waals surface area (Å²) in [5.41, 5.74) is 0. The summed E-state index contributed by atoms with van der Waals surface area (Å²) in [5.74, 6) is 1.69. The lowest BCUT2D eigenvalue weighted by atomic mass is 9.97. The Balaban J connectivity index is 1.76. The second-order valence-corrected chi connectivity index (χ2v) is 8.38. The number of rotatable bonds is 3. The minimum Gasteiger partial charge on any atom is -0.311 e. The van der Waals surface area contributed by atoms with Crippen LogP contribution in [-0.4, -0.2) is 32.0 Å². The predicted molar refractivity (Wildman–Crippen MR) is 75.5 cm³/mol. The lowest BCUT2D eigenvalue weighted by Gasteiger charge is -2.28. The highest BCUT2D eigenvalue weighted by atomic mass is 32.2. The van der Waals surface area contributed by atoms with Gasteiger partial charge in [-0.1, -0.05) is 26.2 Å². The Morgan fingerprint density at radius 2 is 1.61 bits per heavy atom. The van der Waals surface area contributed by atoms with Crippen LogP contribution in [0.5, 0.6) is 0 Å². The maximum Gasteiger partial charge on any atom is 0.150 e. The van der Waals surface area contributed by atoms with Gasteiger partial charge in [0, 0.05) is 12.1 Å². The zero-order chi connectivity index (χ0) is 13.0. The van der Waals surface area contributed by atoms with Gasteiger partial charge in [0.25, 0.3) is 0 Å². The first-order valence-electron chi connectivity index (χ1n) is 7.55. The van der Waals surface area contributed by atoms with Gasteiger partial charge >= 0.3 is 0 Å². The maximum atomic E-state index is 11.4. The van der Waals surface area contributed by atoms with Crippen molar-refractivity contribution >= 4 is 9.84 Å². The molecule has 106 valence electrons. The van der Waals surface area contributed by atoms with E-state index >= 15 is 0 Å². The van der Waals surface area contributed by atoms with Crippen LogP contribution in [0.15, 0.2) is 0 Å². The average Bonchev–Trinajstić information content (AvgIpc) is 2.57. The van der Waals surface area contributed by atoms with Gasteiger partial charge in [-0.15, -0.1) is 0 Å². The molecule has 0 spiro atoms. The Bertz CT molecular complexity index is 339. The van der Waals surface area contributed by atoms with Crippen molar-refractivity contribution in [3.05, 3.63) is 0 Å². The summed E-state index contributed by atoms with van der Waals surface area (Å²) in [7, 11) is -2.72. The van der Waals surface area contributed by atoms with Crippen LogP contribution in [0.4, 0.5) is 0 Å². The van der Waals surface area contributed by atoms with E-state index in [1.807, 2.05) is 0 Å². The van der Waals surface area contributed by atoms with Gasteiger partial charge in [-0.25, -0.2) is 8.42 Å². The van der Waals surface area contributed by atoms with Gasteiger partial charge in [-0.3, -0.25) is 0 Å². The highest BCUT2D eigenvalue weighted by Crippen LogP contribution is 2.26. The van der Waals surface area contributed by atoms with Crippen molar-refractivity contribution < 1.29 is 8.42 Å². The molecule has 2 atom stereocenters. The fourth-order valence-electron chi connectivity index (χ4n) is 3.34. The third kappa shape index (κ3) is 4.23. The zero-order valence-electron chi connectivity index (χ0n) is 11.5. The van der Waals surface area contributed by atoms with E-state index in [0.717, 1.165) is 18.8 Å². The second kappa shape index (κ2) is 6.38. The second-order valence-electron chi connectivity index (χ2n) is 6.07. The fraction of sp³-hybridized carbons (Fsp3) is 1.00. The van der Waals surface area contributed by atoms with Crippen molar-refractivity contribution in [3.8, 4) is 0 Å². The summed E-state index contributed by atoms with van der Waals surface area (Å²) in [6, 6.07) is 1.07. The largest absolute Gasteiger partial charge is 0.311 e. The van der Waals surface area contributed by atoms with Gasteiger partial charge in [0.05, 0.1) is 11.5 Å². The Labute approximate surface area is 112 Å². The number of nitrogens with one attached hydrogen (secondary N) is 1. The highest BCUT2D eigenvalue weighted by molar-refractivity contribution is 7.91. The molecule has 4 heteroatoms. The minimum absolute atomic E-state index is 0.384. The van der Waals surface area contributed by atoms with Crippen molar-refractivity contribution in [2.75, 3.05) is 11.5 Å². The highest BCUT2D eigenvalue weighted by Gasteiger charge is 2.26. The van der Waals surface area contributed by atoms with Gasteiger partial charge in [0.2, 0.25) is 0 Å². The Kier molecular flexibility index (Phi) is 5.07. The molecule has 1 aliphatic carbocycles. The van der Waals surface area contributed by atoms with E-state index in [4.69, 9.17) is 0 Å². The first kappa shape index (κ1) is 14.3. The van der Waals surface area contributed by atoms with Crippen LogP contribution in [0, 0.1) is 5.92 Å². The van der Waals surface area contributed by atoms with E-state index in [1.165, 1.54) is 38.5 Å². The van der Waals surface area contributed by atoms with Crippen LogP contribution in [0.2, 0.25) is 0 Å². The molecule has 18 heavy (non-hydrogen) atoms. The third-order valence-corrected chi connectivity index (χ3v) is 6.41. The predicted octanol–water partition coefficient (Wildman–Crippen LogP) is 2.51. The smallest absolute Gasteiger partial charge is 0.150 e. The Hall–Kier alpha value is -0.0900. The van der Waals surface area contributed by atoms with Crippen LogP contribution in [0.25, 0.3) is 0 Å². The Morgan fingerprint density at radius 3 is 2.28 bits per heavy atom. The van der Waals surface area contributed by atoms with E-state index in [-0.39, 0.29) is 0 Å². The van der Waals surface area contributed by atoms with E-state index in [9.17, 15) is 8.42 Å². The molecule has 2 fully saturated rings. The SMILES string of the molecule is CCC1CCCC(NC2CCS(=O)(=O)CC2)CC1. The average molecular weight is 273 g/mol. The van der Waals surface area contributed by atoms with E-state index in [2.05, 4.69) is 12.2 Å². The van der Waals surface area contributed by atoms with E-state index < -0.39 is 9.84 Å². The Morgan fingerprint density at radius 1 is 0.944 bits per heavy atom. The van der Waals surface area contributed by atoms with E-state index in [0.29, 0.717) is 23.6 Å². The van der Waals surface area contributed by atoms with Crippen molar-refractivity contribution in [1.82, 2.24) is 5.32 Å². The lowest BCUT2D eigenvalue weighted by Crippen LogP contribution is -2.43. The van der Waals surface area contributed by atoms with Crippen molar-refractivity contribution in [2.24, 2.45) is 5.92 Å². The lowest BCUT2D eigenvalue weighted by molar-refractivity contribution is 0.365. The normalized spacial score (nSPS) is 34.1. The van der Waals surface area contributed by atoms with Crippen LogP contribution in [0.1, 0.15) is 58.3 Å². The summed E-state index contributed by atoms with van der Waals surface area (Å²) in [6.07, 6.45) is 9.57. The molecule has 1 N–H and O–H groups in total. The fourth-order valence-corrected chi connectivity index (χ4v) is 4.83. The molecular formula is C14H27NO2S. The molecule has 2 unspecified atom stereocenters. The molecule has 0 aromatic rings. The molecule has 0 aromatic carbocycles. The van der Waals surface area contributed by atoms with Crippen LogP contribution < -0.4 is 5.32 Å². The quantitative estimate of drug-likeness (QED) is 0.804. The standard InChI is InChI=1S/C14H27NO2S/c1-2-12-4-3-5-13(7-6-12)15-14-8-10-18(16,17)11-9-14/h12-15H,2-11H2,1H3. The molecule has 1 saturated carbocycles. The first-order valence-corrected chi connectivity index (χ1v) is 9.37. The minimum atomic E-state index is -2.72. The summed E-state index contributed by atoms with van der Waals surface area (Å²) >= 11 is 0. The maximum absolute atomic E-state index is 11.4. The van der Waals surface area contributed by atoms with Gasteiger partial charge < -0.3 is 5.32 Å². The summed E-state index contributed by atoms with van der Waals surface area (Å²) < 4.78 is 22.8. The van der Waals surface area contributed by atoms with Crippen LogP contribution >= 0.6 is 0 Å². The van der Waals surface area contributed by atoms with E-state index in [1.54, 1.807) is 0 Å². The van der Waals surface area contributed by atoms with Gasteiger partial charge in [-0.05, 0) is 38.0 Å². The van der Waals surface area contributed by atoms with Crippen LogP contribution in [-0.2, 0) is 9.84 Å². The molecule has 3 nitrogen and oxygen atoms in total. The zero-order valence-corrected chi connectivity index (χ0v) is 12.3. The van der Waals surface area contributed by atoms with Crippen molar-refractivity contribution in [2.45, 2.75) is 70.4 Å². The summed E-state index contributed by atoms with van der Waals surface area (Å²) in [4.78, 5) is 0. The molecule has 0 aromatic heterocycles. The third-order valence-electron chi connectivity index (χ3n) is 4.69.